The predicted octanol–water partition coefficient (Wildman–Crippen LogP) is 0.174. The largest absolute Gasteiger partial charge is 0.388 e. The van der Waals surface area contributed by atoms with Crippen LogP contribution < -0.4 is 0 Å². The van der Waals surface area contributed by atoms with Crippen molar-refractivity contribution < 1.29 is 14.6 Å². The van der Waals surface area contributed by atoms with Gasteiger partial charge in [-0.2, -0.15) is 0 Å². The Morgan fingerprint density at radius 2 is 2.17 bits per heavy atom. The summed E-state index contributed by atoms with van der Waals surface area (Å²) in [5.41, 5.74) is -0.195. The lowest BCUT2D eigenvalue weighted by molar-refractivity contribution is -0.0145. The van der Waals surface area contributed by atoms with Gasteiger partial charge >= 0.3 is 0 Å². The molecule has 0 bridgehead atoms. The molecule has 0 aromatic heterocycles. The minimum Gasteiger partial charge on any atom is -0.388 e. The summed E-state index contributed by atoms with van der Waals surface area (Å²) in [7, 11) is 0. The third-order valence-electron chi connectivity index (χ3n) is 2.43. The van der Waals surface area contributed by atoms with Gasteiger partial charge in [0, 0.05) is 6.42 Å². The number of terminal acetylenes is 1. The Morgan fingerprint density at radius 1 is 1.50 bits per heavy atom. The molecule has 2 saturated heterocycles. The number of aliphatic hydroxyl groups is 1. The fourth-order valence-electron chi connectivity index (χ4n) is 1.74. The van der Waals surface area contributed by atoms with Gasteiger partial charge in [-0.1, -0.05) is 0 Å². The molecule has 2 aliphatic heterocycles. The first-order valence-corrected chi connectivity index (χ1v) is 3.99. The lowest BCUT2D eigenvalue weighted by Gasteiger charge is -2.20. The van der Waals surface area contributed by atoms with E-state index in [0.29, 0.717) is 6.61 Å². The van der Waals surface area contributed by atoms with Crippen LogP contribution >= 0.6 is 0 Å². The Morgan fingerprint density at radius 3 is 2.75 bits per heavy atom. The highest BCUT2D eigenvalue weighted by Crippen LogP contribution is 2.36. The van der Waals surface area contributed by atoms with Gasteiger partial charge < -0.3 is 14.6 Å². The molecule has 68 valence electrons. The maximum absolute atomic E-state index is 9.31. The Kier molecular flexibility index (Phi) is 2.73. The predicted molar refractivity (Wildman–Crippen MR) is 44.6 cm³/mol. The van der Waals surface area contributed by atoms with Crippen LogP contribution in [0.2, 0.25) is 0 Å². The van der Waals surface area contributed by atoms with E-state index in [4.69, 9.17) is 9.47 Å². The van der Waals surface area contributed by atoms with Gasteiger partial charge in [-0.05, 0) is 6.92 Å². The van der Waals surface area contributed by atoms with Gasteiger partial charge in [-0.3, -0.25) is 0 Å². The molecular weight excluding hydrogens is 156 g/mol. The van der Waals surface area contributed by atoms with Crippen molar-refractivity contribution in [2.75, 3.05) is 13.2 Å². The van der Waals surface area contributed by atoms with E-state index in [1.165, 1.54) is 0 Å². The summed E-state index contributed by atoms with van der Waals surface area (Å²) in [5, 5.41) is 9.31. The van der Waals surface area contributed by atoms with Crippen molar-refractivity contribution >= 4 is 0 Å². The number of hydrogen-bond acceptors (Lipinski definition) is 3. The van der Waals surface area contributed by atoms with Crippen LogP contribution in [0.3, 0.4) is 0 Å². The Bertz CT molecular complexity index is 178. The highest BCUT2D eigenvalue weighted by Gasteiger charge is 2.50. The second-order valence-electron chi connectivity index (χ2n) is 3.23. The standard InChI is InChI=1S/C7H12O3.C2H2/c1-7-2-3-9-6(7)5(8)4-10-7;1-2/h5-6,8H,2-4H2,1H3;1-2H/t5-,6?,7-;/m1./s1. The molecule has 12 heavy (non-hydrogen) atoms. The van der Waals surface area contributed by atoms with Crippen molar-refractivity contribution in [1.82, 2.24) is 0 Å². The van der Waals surface area contributed by atoms with Crippen LogP contribution in [0.5, 0.6) is 0 Å². The lowest BCUT2D eigenvalue weighted by Crippen LogP contribution is -2.35. The topological polar surface area (TPSA) is 38.7 Å². The highest BCUT2D eigenvalue weighted by molar-refractivity contribution is 4.98. The molecule has 0 radical (unpaired) electrons. The Balaban J connectivity index is 0.000000336. The van der Waals surface area contributed by atoms with Gasteiger partial charge in [0.25, 0.3) is 0 Å². The van der Waals surface area contributed by atoms with Crippen LogP contribution in [0.4, 0.5) is 0 Å². The van der Waals surface area contributed by atoms with E-state index in [2.05, 4.69) is 12.8 Å². The second kappa shape index (κ2) is 3.44. The fourth-order valence-corrected chi connectivity index (χ4v) is 1.74. The summed E-state index contributed by atoms with van der Waals surface area (Å²) in [6.45, 7) is 3.15. The summed E-state index contributed by atoms with van der Waals surface area (Å²) in [5.74, 6) is 0. The molecule has 2 rings (SSSR count). The molecule has 0 aliphatic carbocycles. The average Bonchev–Trinajstić information content (AvgIpc) is 2.57. The molecule has 0 saturated carbocycles. The fraction of sp³-hybridized carbons (Fsp3) is 0.778. The molecule has 2 fully saturated rings. The van der Waals surface area contributed by atoms with Crippen molar-refractivity contribution in [1.29, 1.82) is 0 Å². The first kappa shape index (κ1) is 9.53. The van der Waals surface area contributed by atoms with E-state index in [1.807, 2.05) is 6.92 Å². The Hall–Kier alpha value is -0.560. The first-order valence-electron chi connectivity index (χ1n) is 3.99. The summed E-state index contributed by atoms with van der Waals surface area (Å²) in [4.78, 5) is 0. The quantitative estimate of drug-likeness (QED) is 0.527. The molecule has 2 heterocycles. The molecule has 3 atom stereocenters. The molecule has 0 spiro atoms. The van der Waals surface area contributed by atoms with E-state index in [-0.39, 0.29) is 11.7 Å². The van der Waals surface area contributed by atoms with Crippen LogP contribution in [0.25, 0.3) is 0 Å². The van der Waals surface area contributed by atoms with Gasteiger partial charge in [-0.15, -0.1) is 12.8 Å². The number of fused-ring (bicyclic) bond motifs is 1. The van der Waals surface area contributed by atoms with Crippen molar-refractivity contribution in [2.24, 2.45) is 0 Å². The number of aliphatic hydroxyl groups excluding tert-OH is 1. The molecule has 3 heteroatoms. The number of hydrogen-bond donors (Lipinski definition) is 1. The molecular formula is C9H14O3. The lowest BCUT2D eigenvalue weighted by atomic mass is 9.98. The zero-order valence-corrected chi connectivity index (χ0v) is 7.19. The van der Waals surface area contributed by atoms with Crippen molar-refractivity contribution in [3.05, 3.63) is 0 Å². The van der Waals surface area contributed by atoms with Crippen molar-refractivity contribution in [3.8, 4) is 12.8 Å². The monoisotopic (exact) mass is 170 g/mol. The summed E-state index contributed by atoms with van der Waals surface area (Å²) >= 11 is 0. The van der Waals surface area contributed by atoms with Crippen LogP contribution in [0.1, 0.15) is 13.3 Å². The average molecular weight is 170 g/mol. The highest BCUT2D eigenvalue weighted by atomic mass is 16.6. The van der Waals surface area contributed by atoms with Gasteiger partial charge in [-0.25, -0.2) is 0 Å². The minimum absolute atomic E-state index is 0.0764. The Labute approximate surface area is 72.7 Å². The molecule has 1 unspecified atom stereocenters. The SMILES string of the molecule is C#C.C[C@@]12CCOC1[C@H](O)CO2. The summed E-state index contributed by atoms with van der Waals surface area (Å²) < 4.78 is 10.7. The van der Waals surface area contributed by atoms with Crippen LogP contribution in [-0.4, -0.2) is 36.1 Å². The third-order valence-corrected chi connectivity index (χ3v) is 2.43. The van der Waals surface area contributed by atoms with Gasteiger partial charge in [0.1, 0.15) is 12.2 Å². The smallest absolute Gasteiger partial charge is 0.114 e. The zero-order valence-electron chi connectivity index (χ0n) is 7.19. The van der Waals surface area contributed by atoms with E-state index >= 15 is 0 Å². The molecule has 1 N–H and O–H groups in total. The second-order valence-corrected chi connectivity index (χ2v) is 3.23. The van der Waals surface area contributed by atoms with Crippen molar-refractivity contribution in [2.45, 2.75) is 31.2 Å². The van der Waals surface area contributed by atoms with Gasteiger partial charge in [0.15, 0.2) is 0 Å². The summed E-state index contributed by atoms with van der Waals surface area (Å²) in [6, 6.07) is 0. The molecule has 0 aromatic rings. The van der Waals surface area contributed by atoms with E-state index in [1.54, 1.807) is 0 Å². The molecule has 0 aromatic carbocycles. The maximum Gasteiger partial charge on any atom is 0.114 e. The molecule has 3 nitrogen and oxygen atoms in total. The van der Waals surface area contributed by atoms with Crippen LogP contribution in [0, 0.1) is 12.8 Å². The van der Waals surface area contributed by atoms with Crippen LogP contribution in [-0.2, 0) is 9.47 Å². The number of rotatable bonds is 0. The van der Waals surface area contributed by atoms with Crippen LogP contribution in [0.15, 0.2) is 0 Å². The van der Waals surface area contributed by atoms with E-state index in [0.717, 1.165) is 13.0 Å². The number of ether oxygens (including phenoxy) is 2. The molecule has 2 aliphatic rings. The molecule has 0 amide bonds. The van der Waals surface area contributed by atoms with Gasteiger partial charge in [0.2, 0.25) is 0 Å². The minimum atomic E-state index is -0.410. The van der Waals surface area contributed by atoms with Crippen molar-refractivity contribution in [3.63, 3.8) is 0 Å². The zero-order chi connectivity index (χ0) is 9.19. The van der Waals surface area contributed by atoms with Gasteiger partial charge in [0.05, 0.1) is 18.8 Å². The maximum atomic E-state index is 9.31. The van der Waals surface area contributed by atoms with E-state index < -0.39 is 6.10 Å². The normalized spacial score (nSPS) is 44.7. The third kappa shape index (κ3) is 1.34. The summed E-state index contributed by atoms with van der Waals surface area (Å²) in [6.07, 6.45) is 8.43. The van der Waals surface area contributed by atoms with E-state index in [9.17, 15) is 5.11 Å². The first-order chi connectivity index (χ1) is 5.72.